The normalized spacial score (nSPS) is 10.5. The van der Waals surface area contributed by atoms with Gasteiger partial charge in [0.1, 0.15) is 11.6 Å². The van der Waals surface area contributed by atoms with Crippen LogP contribution in [0, 0.1) is 0 Å². The van der Waals surface area contributed by atoms with Crippen molar-refractivity contribution in [3.63, 3.8) is 0 Å². The van der Waals surface area contributed by atoms with E-state index in [1.807, 2.05) is 13.1 Å². The quantitative estimate of drug-likeness (QED) is 0.693. The monoisotopic (exact) mass is 239 g/mol. The molecule has 96 valence electrons. The zero-order valence-corrected chi connectivity index (χ0v) is 10.8. The van der Waals surface area contributed by atoms with Crippen molar-refractivity contribution >= 4 is 5.82 Å². The molecule has 0 saturated heterocycles. The highest BCUT2D eigenvalue weighted by atomic mass is 16.5. The largest absolute Gasteiger partial charge is 0.382 e. The van der Waals surface area contributed by atoms with E-state index in [9.17, 15) is 0 Å². The Labute approximate surface area is 103 Å². The zero-order valence-electron chi connectivity index (χ0n) is 10.8. The Morgan fingerprint density at radius 1 is 1.24 bits per heavy atom. The molecule has 1 aromatic rings. The second-order valence-electron chi connectivity index (χ2n) is 3.62. The Kier molecular flexibility index (Phi) is 6.50. The number of nitrogens with zero attached hydrogens (tertiary/aromatic N) is 2. The standard InChI is InChI=1S/C12H21N3O2/c1-4-10-9-12(13-2)15-11(14-10)5-6-17-8-7-16-3/h9H,4-8H2,1-3H3,(H,13,14,15). The van der Waals surface area contributed by atoms with Gasteiger partial charge < -0.3 is 14.8 Å². The van der Waals surface area contributed by atoms with Gasteiger partial charge in [-0.25, -0.2) is 9.97 Å². The molecule has 17 heavy (non-hydrogen) atoms. The van der Waals surface area contributed by atoms with Crippen molar-refractivity contribution in [2.24, 2.45) is 0 Å². The van der Waals surface area contributed by atoms with Gasteiger partial charge in [-0.3, -0.25) is 0 Å². The SMILES string of the molecule is CCc1cc(NC)nc(CCOCCOC)n1. The van der Waals surface area contributed by atoms with Crippen LogP contribution in [0.25, 0.3) is 0 Å². The Hall–Kier alpha value is -1.20. The van der Waals surface area contributed by atoms with Crippen molar-refractivity contribution in [3.05, 3.63) is 17.6 Å². The minimum Gasteiger partial charge on any atom is -0.382 e. The highest BCUT2D eigenvalue weighted by molar-refractivity contribution is 5.35. The molecule has 0 saturated carbocycles. The van der Waals surface area contributed by atoms with Crippen LogP contribution in [0.3, 0.4) is 0 Å². The van der Waals surface area contributed by atoms with E-state index in [0.29, 0.717) is 19.8 Å². The van der Waals surface area contributed by atoms with Gasteiger partial charge in [-0.2, -0.15) is 0 Å². The van der Waals surface area contributed by atoms with Gasteiger partial charge in [-0.15, -0.1) is 0 Å². The Morgan fingerprint density at radius 3 is 2.71 bits per heavy atom. The molecular weight excluding hydrogens is 218 g/mol. The number of anilines is 1. The highest BCUT2D eigenvalue weighted by Gasteiger charge is 2.02. The third-order valence-corrected chi connectivity index (χ3v) is 2.35. The Morgan fingerprint density at radius 2 is 2.06 bits per heavy atom. The lowest BCUT2D eigenvalue weighted by Gasteiger charge is -2.07. The molecule has 5 heteroatoms. The van der Waals surface area contributed by atoms with Gasteiger partial charge in [-0.05, 0) is 6.42 Å². The summed E-state index contributed by atoms with van der Waals surface area (Å²) in [7, 11) is 3.52. The summed E-state index contributed by atoms with van der Waals surface area (Å²) in [6.45, 7) is 3.95. The first-order valence-electron chi connectivity index (χ1n) is 5.91. The minimum absolute atomic E-state index is 0.614. The van der Waals surface area contributed by atoms with Crippen LogP contribution < -0.4 is 5.32 Å². The summed E-state index contributed by atoms with van der Waals surface area (Å²) >= 11 is 0. The van der Waals surface area contributed by atoms with Crippen molar-refractivity contribution in [2.45, 2.75) is 19.8 Å². The molecule has 0 unspecified atom stereocenters. The first kappa shape index (κ1) is 13.9. The minimum atomic E-state index is 0.614. The molecule has 0 atom stereocenters. The fourth-order valence-corrected chi connectivity index (χ4v) is 1.38. The van der Waals surface area contributed by atoms with Gasteiger partial charge in [0.2, 0.25) is 0 Å². The van der Waals surface area contributed by atoms with Crippen LogP contribution in [0.4, 0.5) is 5.82 Å². The van der Waals surface area contributed by atoms with Crippen molar-refractivity contribution in [2.75, 3.05) is 39.3 Å². The number of aryl methyl sites for hydroxylation is 1. The molecule has 0 fully saturated rings. The average Bonchev–Trinajstić information content (AvgIpc) is 2.38. The van der Waals surface area contributed by atoms with Crippen molar-refractivity contribution in [3.8, 4) is 0 Å². The lowest BCUT2D eigenvalue weighted by Crippen LogP contribution is -2.09. The molecule has 0 aromatic carbocycles. The lowest BCUT2D eigenvalue weighted by atomic mass is 10.3. The molecule has 0 aliphatic heterocycles. The number of ether oxygens (including phenoxy) is 2. The fraction of sp³-hybridized carbons (Fsp3) is 0.667. The van der Waals surface area contributed by atoms with Crippen molar-refractivity contribution < 1.29 is 9.47 Å². The van der Waals surface area contributed by atoms with E-state index in [1.54, 1.807) is 7.11 Å². The predicted octanol–water partition coefficient (Wildman–Crippen LogP) is 1.29. The van der Waals surface area contributed by atoms with Crippen LogP contribution in [0.15, 0.2) is 6.07 Å². The van der Waals surface area contributed by atoms with Gasteiger partial charge in [0, 0.05) is 32.3 Å². The van der Waals surface area contributed by atoms with Crippen LogP contribution in [-0.4, -0.2) is 43.9 Å². The predicted molar refractivity (Wildman–Crippen MR) is 67.4 cm³/mol. The molecule has 1 N–H and O–H groups in total. The fourth-order valence-electron chi connectivity index (χ4n) is 1.38. The molecule has 1 rings (SSSR count). The third-order valence-electron chi connectivity index (χ3n) is 2.35. The maximum absolute atomic E-state index is 5.40. The molecule has 0 bridgehead atoms. The van der Waals surface area contributed by atoms with Crippen LogP contribution in [0.5, 0.6) is 0 Å². The van der Waals surface area contributed by atoms with Crippen LogP contribution in [-0.2, 0) is 22.3 Å². The summed E-state index contributed by atoms with van der Waals surface area (Å²) in [6, 6.07) is 1.97. The van der Waals surface area contributed by atoms with Crippen LogP contribution in [0.1, 0.15) is 18.4 Å². The van der Waals surface area contributed by atoms with E-state index in [-0.39, 0.29) is 0 Å². The third kappa shape index (κ3) is 5.10. The molecule has 0 aliphatic carbocycles. The number of hydrogen-bond acceptors (Lipinski definition) is 5. The summed E-state index contributed by atoms with van der Waals surface area (Å²) in [6.07, 6.45) is 1.64. The van der Waals surface area contributed by atoms with E-state index in [2.05, 4.69) is 22.2 Å². The number of methoxy groups -OCH3 is 1. The van der Waals surface area contributed by atoms with Crippen molar-refractivity contribution in [1.29, 1.82) is 0 Å². The smallest absolute Gasteiger partial charge is 0.133 e. The zero-order chi connectivity index (χ0) is 12.5. The topological polar surface area (TPSA) is 56.3 Å². The summed E-state index contributed by atoms with van der Waals surface area (Å²) in [4.78, 5) is 8.84. The second kappa shape index (κ2) is 7.97. The number of aromatic nitrogens is 2. The van der Waals surface area contributed by atoms with E-state index in [0.717, 1.165) is 30.2 Å². The summed E-state index contributed by atoms with van der Waals surface area (Å²) in [5.74, 6) is 1.69. The molecule has 0 amide bonds. The molecule has 1 heterocycles. The van der Waals surface area contributed by atoms with Gasteiger partial charge in [0.25, 0.3) is 0 Å². The Balaban J connectivity index is 2.46. The van der Waals surface area contributed by atoms with Gasteiger partial charge in [-0.1, -0.05) is 6.92 Å². The first-order valence-corrected chi connectivity index (χ1v) is 5.91. The highest BCUT2D eigenvalue weighted by Crippen LogP contribution is 2.07. The number of hydrogen-bond donors (Lipinski definition) is 1. The van der Waals surface area contributed by atoms with Crippen LogP contribution >= 0.6 is 0 Å². The number of rotatable bonds is 8. The van der Waals surface area contributed by atoms with Gasteiger partial charge in [0.05, 0.1) is 19.8 Å². The number of nitrogens with one attached hydrogen (secondary N) is 1. The second-order valence-corrected chi connectivity index (χ2v) is 3.62. The average molecular weight is 239 g/mol. The Bertz CT molecular complexity index is 309. The first-order chi connectivity index (χ1) is 8.30. The summed E-state index contributed by atoms with van der Waals surface area (Å²) < 4.78 is 10.3. The molecule has 5 nitrogen and oxygen atoms in total. The maximum Gasteiger partial charge on any atom is 0.133 e. The molecule has 0 radical (unpaired) electrons. The van der Waals surface area contributed by atoms with Crippen LogP contribution in [0.2, 0.25) is 0 Å². The van der Waals surface area contributed by atoms with Crippen molar-refractivity contribution in [1.82, 2.24) is 9.97 Å². The van der Waals surface area contributed by atoms with Gasteiger partial charge >= 0.3 is 0 Å². The maximum atomic E-state index is 5.40. The van der Waals surface area contributed by atoms with E-state index in [4.69, 9.17) is 9.47 Å². The summed E-state index contributed by atoms with van der Waals surface area (Å²) in [5, 5.41) is 3.04. The molecular formula is C12H21N3O2. The van der Waals surface area contributed by atoms with E-state index in [1.165, 1.54) is 0 Å². The summed E-state index contributed by atoms with van der Waals surface area (Å²) in [5.41, 5.74) is 1.05. The molecule has 1 aromatic heterocycles. The lowest BCUT2D eigenvalue weighted by molar-refractivity contribution is 0.0716. The van der Waals surface area contributed by atoms with E-state index >= 15 is 0 Å². The van der Waals surface area contributed by atoms with Gasteiger partial charge in [0.15, 0.2) is 0 Å². The van der Waals surface area contributed by atoms with E-state index < -0.39 is 0 Å². The molecule has 0 aliphatic rings. The molecule has 0 spiro atoms.